The number of halogens is 1. The lowest BCUT2D eigenvalue weighted by atomic mass is 9.70. The number of ether oxygens (including phenoxy) is 3. The number of carbonyl (C=O) groups excluding carboxylic acids is 1. The Bertz CT molecular complexity index is 1220. The predicted octanol–water partition coefficient (Wildman–Crippen LogP) is 7.42. The summed E-state index contributed by atoms with van der Waals surface area (Å²) in [6, 6.07) is 19.7. The Morgan fingerprint density at radius 3 is 2.51 bits per heavy atom. The van der Waals surface area contributed by atoms with E-state index in [1.54, 1.807) is 0 Å². The van der Waals surface area contributed by atoms with Gasteiger partial charge in [0.2, 0.25) is 0 Å². The number of rotatable bonds is 7. The smallest absolute Gasteiger partial charge is 0.303 e. The van der Waals surface area contributed by atoms with E-state index in [1.165, 1.54) is 6.92 Å². The van der Waals surface area contributed by atoms with Crippen LogP contribution in [0.4, 0.5) is 5.69 Å². The minimum absolute atomic E-state index is 0.126. The van der Waals surface area contributed by atoms with Crippen molar-refractivity contribution in [2.45, 2.75) is 53.4 Å². The molecule has 1 N–H and O–H groups in total. The van der Waals surface area contributed by atoms with Crippen LogP contribution in [0.1, 0.15) is 62.1 Å². The third-order valence-corrected chi connectivity index (χ3v) is 6.80. The fourth-order valence-corrected chi connectivity index (χ4v) is 4.87. The molecule has 35 heavy (non-hydrogen) atoms. The zero-order valence-corrected chi connectivity index (χ0v) is 21.6. The highest BCUT2D eigenvalue weighted by atomic mass is 35.5. The van der Waals surface area contributed by atoms with Crippen LogP contribution >= 0.6 is 11.6 Å². The zero-order chi connectivity index (χ0) is 25.2. The van der Waals surface area contributed by atoms with Gasteiger partial charge >= 0.3 is 5.97 Å². The minimum Gasteiger partial charge on any atom is -0.490 e. The molecule has 3 aromatic rings. The average Bonchev–Trinajstić information content (AvgIpc) is 2.81. The van der Waals surface area contributed by atoms with Gasteiger partial charge in [-0.1, -0.05) is 67.4 Å². The van der Waals surface area contributed by atoms with Crippen LogP contribution in [0.25, 0.3) is 0 Å². The predicted molar refractivity (Wildman–Crippen MR) is 139 cm³/mol. The van der Waals surface area contributed by atoms with Gasteiger partial charge < -0.3 is 19.5 Å². The lowest BCUT2D eigenvalue weighted by Gasteiger charge is -2.46. The summed E-state index contributed by atoms with van der Waals surface area (Å²) >= 11 is 6.29. The number of hydrogen-bond acceptors (Lipinski definition) is 5. The Labute approximate surface area is 212 Å². The normalized spacial score (nSPS) is 18.2. The number of benzene rings is 3. The molecule has 4 rings (SSSR count). The minimum atomic E-state index is -0.435. The molecule has 1 aliphatic heterocycles. The maximum atomic E-state index is 12.0. The Morgan fingerprint density at radius 2 is 1.80 bits per heavy atom. The molecule has 184 valence electrons. The van der Waals surface area contributed by atoms with Crippen molar-refractivity contribution in [3.63, 3.8) is 0 Å². The average molecular weight is 494 g/mol. The number of nitrogens with one attached hydrogen (secondary N) is 1. The second kappa shape index (κ2) is 10.2. The van der Waals surface area contributed by atoms with Crippen molar-refractivity contribution in [1.29, 1.82) is 0 Å². The highest BCUT2D eigenvalue weighted by Gasteiger charge is 2.46. The van der Waals surface area contributed by atoms with Gasteiger partial charge in [-0.15, -0.1) is 0 Å². The molecule has 5 nitrogen and oxygen atoms in total. The van der Waals surface area contributed by atoms with Crippen molar-refractivity contribution in [3.05, 3.63) is 87.9 Å². The summed E-state index contributed by atoms with van der Waals surface area (Å²) in [7, 11) is 0. The number of fused-ring (bicyclic) bond motifs is 1. The number of aryl methyl sites for hydroxylation is 1. The molecule has 0 aromatic heterocycles. The van der Waals surface area contributed by atoms with Gasteiger partial charge in [0, 0.05) is 34.2 Å². The molecule has 0 spiro atoms. The molecular weight excluding hydrogens is 462 g/mol. The first-order valence-electron chi connectivity index (χ1n) is 11.9. The molecular formula is C29H32ClNO4. The zero-order valence-electron chi connectivity index (χ0n) is 20.9. The Balaban J connectivity index is 1.68. The quantitative estimate of drug-likeness (QED) is 0.347. The lowest BCUT2D eigenvalue weighted by Crippen LogP contribution is -2.40. The van der Waals surface area contributed by atoms with Crippen molar-refractivity contribution in [3.8, 4) is 11.5 Å². The second-order valence-electron chi connectivity index (χ2n) is 9.50. The van der Waals surface area contributed by atoms with Gasteiger partial charge in [0.05, 0.1) is 12.6 Å². The largest absolute Gasteiger partial charge is 0.490 e. The van der Waals surface area contributed by atoms with Gasteiger partial charge in [-0.05, 0) is 43.7 Å². The van der Waals surface area contributed by atoms with Crippen molar-refractivity contribution >= 4 is 23.3 Å². The molecule has 0 saturated carbocycles. The lowest BCUT2D eigenvalue weighted by molar-refractivity contribution is -0.154. The van der Waals surface area contributed by atoms with Crippen LogP contribution in [-0.2, 0) is 16.1 Å². The molecule has 0 saturated heterocycles. The van der Waals surface area contributed by atoms with Crippen molar-refractivity contribution < 1.29 is 19.0 Å². The van der Waals surface area contributed by atoms with Gasteiger partial charge in [0.25, 0.3) is 0 Å². The molecule has 1 heterocycles. The molecule has 1 aliphatic rings. The van der Waals surface area contributed by atoms with Crippen LogP contribution in [0.3, 0.4) is 0 Å². The van der Waals surface area contributed by atoms with E-state index >= 15 is 0 Å². The molecule has 0 fully saturated rings. The van der Waals surface area contributed by atoms with Gasteiger partial charge in [-0.2, -0.15) is 0 Å². The standard InChI is InChI=1S/C29H32ClNO4/c1-6-33-26-16-20(12-14-25(26)34-17-21-9-7-8-10-23(21)30)27-29(4,5)28(35-19(3)32)22-15-18(2)11-13-24(22)31-27/h7-16,27-28,31H,6,17H2,1-5H3/t27-,28-/m1/s1. The van der Waals surface area contributed by atoms with Gasteiger partial charge in [-0.3, -0.25) is 4.79 Å². The van der Waals surface area contributed by atoms with E-state index < -0.39 is 11.5 Å². The van der Waals surface area contributed by atoms with E-state index in [1.807, 2.05) is 62.4 Å². The SMILES string of the molecule is CCOc1cc([C@H]2Nc3ccc(C)cc3[C@@H](OC(C)=O)C2(C)C)ccc1OCc1ccccc1Cl. The number of esters is 1. The molecule has 0 amide bonds. The second-order valence-corrected chi connectivity index (χ2v) is 9.91. The number of anilines is 1. The van der Waals surface area contributed by atoms with E-state index in [9.17, 15) is 4.79 Å². The van der Waals surface area contributed by atoms with Crippen LogP contribution < -0.4 is 14.8 Å². The Hall–Kier alpha value is -3.18. The van der Waals surface area contributed by atoms with E-state index in [-0.39, 0.29) is 12.0 Å². The first-order valence-corrected chi connectivity index (χ1v) is 12.3. The van der Waals surface area contributed by atoms with Crippen LogP contribution in [-0.4, -0.2) is 12.6 Å². The highest BCUT2D eigenvalue weighted by Crippen LogP contribution is 2.54. The summed E-state index contributed by atoms with van der Waals surface area (Å²) in [5, 5.41) is 4.35. The maximum Gasteiger partial charge on any atom is 0.303 e. The van der Waals surface area contributed by atoms with Crippen LogP contribution in [0.15, 0.2) is 60.7 Å². The maximum absolute atomic E-state index is 12.0. The summed E-state index contributed by atoms with van der Waals surface area (Å²) < 4.78 is 17.9. The van der Waals surface area contributed by atoms with Gasteiger partial charge in [0.15, 0.2) is 11.5 Å². The van der Waals surface area contributed by atoms with Crippen LogP contribution in [0.5, 0.6) is 11.5 Å². The monoisotopic (exact) mass is 493 g/mol. The van der Waals surface area contributed by atoms with E-state index in [4.69, 9.17) is 25.8 Å². The van der Waals surface area contributed by atoms with Crippen LogP contribution in [0.2, 0.25) is 5.02 Å². The third-order valence-electron chi connectivity index (χ3n) is 6.43. The van der Waals surface area contributed by atoms with Gasteiger partial charge in [-0.25, -0.2) is 0 Å². The summed E-state index contributed by atoms with van der Waals surface area (Å²) in [5.41, 5.74) is 4.57. The van der Waals surface area contributed by atoms with Crippen molar-refractivity contribution in [1.82, 2.24) is 0 Å². The molecule has 0 aliphatic carbocycles. The first kappa shape index (κ1) is 24.9. The molecule has 2 atom stereocenters. The summed E-state index contributed by atoms with van der Waals surface area (Å²) in [5.74, 6) is 1.01. The molecule has 0 radical (unpaired) electrons. The van der Waals surface area contributed by atoms with Crippen LogP contribution in [0, 0.1) is 12.3 Å². The van der Waals surface area contributed by atoms with E-state index in [0.717, 1.165) is 27.9 Å². The molecule has 3 aromatic carbocycles. The Morgan fingerprint density at radius 1 is 1.03 bits per heavy atom. The number of hydrogen-bond donors (Lipinski definition) is 1. The topological polar surface area (TPSA) is 56.8 Å². The Kier molecular flexibility index (Phi) is 7.27. The first-order chi connectivity index (χ1) is 16.7. The summed E-state index contributed by atoms with van der Waals surface area (Å²) in [6.45, 7) is 10.5. The van der Waals surface area contributed by atoms with Crippen molar-refractivity contribution in [2.24, 2.45) is 5.41 Å². The van der Waals surface area contributed by atoms with E-state index in [2.05, 4.69) is 31.3 Å². The summed E-state index contributed by atoms with van der Waals surface area (Å²) in [4.78, 5) is 12.0. The van der Waals surface area contributed by atoms with Crippen molar-refractivity contribution in [2.75, 3.05) is 11.9 Å². The molecule has 6 heteroatoms. The summed E-state index contributed by atoms with van der Waals surface area (Å²) in [6.07, 6.45) is -0.396. The highest BCUT2D eigenvalue weighted by molar-refractivity contribution is 6.31. The fraction of sp³-hybridized carbons (Fsp3) is 0.345. The number of carbonyl (C=O) groups is 1. The van der Waals surface area contributed by atoms with E-state index in [0.29, 0.717) is 29.7 Å². The third kappa shape index (κ3) is 5.25. The molecule has 0 bridgehead atoms. The molecule has 0 unspecified atom stereocenters. The van der Waals surface area contributed by atoms with Gasteiger partial charge in [0.1, 0.15) is 12.7 Å². The fourth-order valence-electron chi connectivity index (χ4n) is 4.68.